The minimum atomic E-state index is -0.799. The molecule has 166 valence electrons. The SMILES string of the molecule is COc1ccc([N+](=O)[O-])cc1COC(=O)c1ccc2c(c1)C(=O)N(c1ccc(F)cc1)C2=O. The maximum Gasteiger partial charge on any atom is 0.338 e. The molecule has 2 amide bonds. The Balaban J connectivity index is 1.55. The minimum Gasteiger partial charge on any atom is -0.496 e. The largest absolute Gasteiger partial charge is 0.496 e. The number of nitrogens with zero attached hydrogens (tertiary/aromatic N) is 2. The van der Waals surface area contributed by atoms with E-state index in [0.29, 0.717) is 5.75 Å². The van der Waals surface area contributed by atoms with E-state index in [0.717, 1.165) is 17.0 Å². The van der Waals surface area contributed by atoms with Crippen LogP contribution in [-0.2, 0) is 11.3 Å². The van der Waals surface area contributed by atoms with Crippen molar-refractivity contribution in [1.82, 2.24) is 0 Å². The van der Waals surface area contributed by atoms with Crippen LogP contribution in [0, 0.1) is 15.9 Å². The van der Waals surface area contributed by atoms with Crippen molar-refractivity contribution in [2.75, 3.05) is 12.0 Å². The Hall–Kier alpha value is -4.60. The molecule has 4 rings (SSSR count). The highest BCUT2D eigenvalue weighted by Gasteiger charge is 2.37. The highest BCUT2D eigenvalue weighted by molar-refractivity contribution is 6.34. The van der Waals surface area contributed by atoms with Gasteiger partial charge in [0.15, 0.2) is 0 Å². The van der Waals surface area contributed by atoms with Gasteiger partial charge in [0.2, 0.25) is 0 Å². The number of carbonyl (C=O) groups excluding carboxylic acids is 3. The van der Waals surface area contributed by atoms with Crippen LogP contribution in [0.4, 0.5) is 15.8 Å². The standard InChI is InChI=1S/C23H15FN2O7/c1-32-20-9-7-17(26(30)31)10-14(20)12-33-23(29)13-2-8-18-19(11-13)22(28)25(21(18)27)16-5-3-15(24)4-6-16/h2-11H,12H2,1H3. The molecule has 0 saturated heterocycles. The summed E-state index contributed by atoms with van der Waals surface area (Å²) in [7, 11) is 1.38. The second-order valence-electron chi connectivity index (χ2n) is 7.01. The molecule has 0 bridgehead atoms. The fourth-order valence-electron chi connectivity index (χ4n) is 3.41. The second kappa shape index (κ2) is 8.50. The maximum atomic E-state index is 13.2. The zero-order valence-electron chi connectivity index (χ0n) is 17.1. The number of nitro groups is 1. The fourth-order valence-corrected chi connectivity index (χ4v) is 3.41. The molecule has 0 radical (unpaired) electrons. The van der Waals surface area contributed by atoms with Crippen LogP contribution in [0.15, 0.2) is 60.7 Å². The summed E-state index contributed by atoms with van der Waals surface area (Å²) in [5, 5.41) is 11.0. The van der Waals surface area contributed by atoms with Crippen molar-refractivity contribution in [3.8, 4) is 5.75 Å². The number of hydrogen-bond donors (Lipinski definition) is 0. The van der Waals surface area contributed by atoms with Gasteiger partial charge in [-0.2, -0.15) is 0 Å². The number of rotatable bonds is 6. The van der Waals surface area contributed by atoms with Crippen molar-refractivity contribution in [2.45, 2.75) is 6.61 Å². The van der Waals surface area contributed by atoms with Gasteiger partial charge in [-0.3, -0.25) is 19.7 Å². The molecule has 3 aromatic carbocycles. The van der Waals surface area contributed by atoms with E-state index in [1.54, 1.807) is 0 Å². The summed E-state index contributed by atoms with van der Waals surface area (Å²) in [4.78, 5) is 49.4. The minimum absolute atomic E-state index is 0.00621. The van der Waals surface area contributed by atoms with Crippen LogP contribution in [-0.4, -0.2) is 29.8 Å². The molecule has 1 aliphatic rings. The van der Waals surface area contributed by atoms with Gasteiger partial charge in [-0.25, -0.2) is 14.1 Å². The highest BCUT2D eigenvalue weighted by Crippen LogP contribution is 2.30. The monoisotopic (exact) mass is 450 g/mol. The van der Waals surface area contributed by atoms with Gasteiger partial charge in [-0.1, -0.05) is 0 Å². The second-order valence-corrected chi connectivity index (χ2v) is 7.01. The van der Waals surface area contributed by atoms with Crippen LogP contribution in [0.3, 0.4) is 0 Å². The number of anilines is 1. The molecule has 0 saturated carbocycles. The summed E-state index contributed by atoms with van der Waals surface area (Å²) in [6, 6.07) is 12.7. The molecule has 0 fully saturated rings. The van der Waals surface area contributed by atoms with Crippen molar-refractivity contribution in [3.63, 3.8) is 0 Å². The number of halogens is 1. The van der Waals surface area contributed by atoms with Crippen LogP contribution < -0.4 is 9.64 Å². The number of ether oxygens (including phenoxy) is 2. The Morgan fingerprint density at radius 1 is 1.00 bits per heavy atom. The number of methoxy groups -OCH3 is 1. The first-order chi connectivity index (χ1) is 15.8. The van der Waals surface area contributed by atoms with E-state index in [1.807, 2.05) is 0 Å². The zero-order chi connectivity index (χ0) is 23.7. The first-order valence-electron chi connectivity index (χ1n) is 9.57. The van der Waals surface area contributed by atoms with Crippen molar-refractivity contribution in [1.29, 1.82) is 0 Å². The van der Waals surface area contributed by atoms with Gasteiger partial charge in [0.1, 0.15) is 18.2 Å². The van der Waals surface area contributed by atoms with E-state index in [9.17, 15) is 28.9 Å². The van der Waals surface area contributed by atoms with Gasteiger partial charge < -0.3 is 9.47 Å². The fraction of sp³-hybridized carbons (Fsp3) is 0.0870. The third kappa shape index (κ3) is 4.01. The van der Waals surface area contributed by atoms with E-state index in [-0.39, 0.29) is 40.2 Å². The quantitative estimate of drug-likeness (QED) is 0.242. The lowest BCUT2D eigenvalue weighted by atomic mass is 10.1. The van der Waals surface area contributed by atoms with Crippen molar-refractivity contribution < 1.29 is 33.2 Å². The number of esters is 1. The normalized spacial score (nSPS) is 12.5. The number of imide groups is 1. The Morgan fingerprint density at radius 2 is 1.70 bits per heavy atom. The molecule has 1 heterocycles. The summed E-state index contributed by atoms with van der Waals surface area (Å²) in [6.07, 6.45) is 0. The molecule has 0 aliphatic carbocycles. The van der Waals surface area contributed by atoms with Gasteiger partial charge in [0, 0.05) is 17.7 Å². The van der Waals surface area contributed by atoms with Crippen molar-refractivity contribution in [2.24, 2.45) is 0 Å². The first kappa shape index (κ1) is 21.6. The third-order valence-corrected chi connectivity index (χ3v) is 5.04. The van der Waals surface area contributed by atoms with Gasteiger partial charge in [0.25, 0.3) is 17.5 Å². The van der Waals surface area contributed by atoms with E-state index in [4.69, 9.17) is 9.47 Å². The number of amides is 2. The molecule has 33 heavy (non-hydrogen) atoms. The lowest BCUT2D eigenvalue weighted by Gasteiger charge is -2.13. The third-order valence-electron chi connectivity index (χ3n) is 5.04. The van der Waals surface area contributed by atoms with Gasteiger partial charge in [-0.05, 0) is 48.5 Å². The Kier molecular flexibility index (Phi) is 5.57. The number of nitro benzene ring substituents is 1. The highest BCUT2D eigenvalue weighted by atomic mass is 19.1. The number of carbonyl (C=O) groups is 3. The van der Waals surface area contributed by atoms with Crippen LogP contribution >= 0.6 is 0 Å². The predicted molar refractivity (Wildman–Crippen MR) is 113 cm³/mol. The van der Waals surface area contributed by atoms with E-state index < -0.39 is 28.5 Å². The molecule has 3 aromatic rings. The van der Waals surface area contributed by atoms with Gasteiger partial charge in [-0.15, -0.1) is 0 Å². The predicted octanol–water partition coefficient (Wildman–Crippen LogP) is 3.90. The Labute approximate surface area is 186 Å². The van der Waals surface area contributed by atoms with Gasteiger partial charge in [0.05, 0.1) is 34.4 Å². The molecule has 9 nitrogen and oxygen atoms in total. The Bertz CT molecular complexity index is 1300. The van der Waals surface area contributed by atoms with Crippen molar-refractivity contribution in [3.05, 3.63) is 98.8 Å². The zero-order valence-corrected chi connectivity index (χ0v) is 17.1. The molecule has 10 heteroatoms. The molecule has 0 atom stereocenters. The Morgan fingerprint density at radius 3 is 2.36 bits per heavy atom. The molecule has 0 spiro atoms. The summed E-state index contributed by atoms with van der Waals surface area (Å²) >= 11 is 0. The molecular weight excluding hydrogens is 435 g/mol. The smallest absolute Gasteiger partial charge is 0.338 e. The van der Waals surface area contributed by atoms with E-state index >= 15 is 0 Å². The average Bonchev–Trinajstić information content (AvgIpc) is 3.07. The summed E-state index contributed by atoms with van der Waals surface area (Å²) in [5.41, 5.74) is 0.414. The van der Waals surface area contributed by atoms with Crippen LogP contribution in [0.25, 0.3) is 0 Å². The topological polar surface area (TPSA) is 116 Å². The van der Waals surface area contributed by atoms with Crippen LogP contribution in [0.1, 0.15) is 36.6 Å². The van der Waals surface area contributed by atoms with E-state index in [1.165, 1.54) is 55.6 Å². The van der Waals surface area contributed by atoms with Crippen LogP contribution in [0.5, 0.6) is 5.75 Å². The molecule has 0 N–H and O–H groups in total. The maximum absolute atomic E-state index is 13.2. The summed E-state index contributed by atoms with van der Waals surface area (Å²) in [5.74, 6) is -2.26. The van der Waals surface area contributed by atoms with Crippen molar-refractivity contribution >= 4 is 29.2 Å². The lowest BCUT2D eigenvalue weighted by Crippen LogP contribution is -2.29. The number of benzene rings is 3. The number of fused-ring (bicyclic) bond motifs is 1. The van der Waals surface area contributed by atoms with Gasteiger partial charge >= 0.3 is 5.97 Å². The summed E-state index contributed by atoms with van der Waals surface area (Å²) < 4.78 is 23.6. The molecule has 0 unspecified atom stereocenters. The molecule has 0 aromatic heterocycles. The average molecular weight is 450 g/mol. The lowest BCUT2D eigenvalue weighted by molar-refractivity contribution is -0.385. The first-order valence-corrected chi connectivity index (χ1v) is 9.57. The number of hydrogen-bond acceptors (Lipinski definition) is 7. The molecule has 1 aliphatic heterocycles. The summed E-state index contributed by atoms with van der Waals surface area (Å²) in [6.45, 7) is -0.310. The molecular formula is C23H15FN2O7. The van der Waals surface area contributed by atoms with E-state index in [2.05, 4.69) is 0 Å². The van der Waals surface area contributed by atoms with Crippen LogP contribution in [0.2, 0.25) is 0 Å². The number of non-ortho nitro benzene ring substituents is 1.